The molecular formula is C18H31FO2. The number of rotatable bonds is 12. The Balaban J connectivity index is 3.64. The predicted octanol–water partition coefficient (Wildman–Crippen LogP) is 6.22. The molecule has 0 radical (unpaired) electrons. The van der Waals surface area contributed by atoms with E-state index in [0.717, 1.165) is 18.9 Å². The van der Waals surface area contributed by atoms with Crippen molar-refractivity contribution in [1.29, 1.82) is 0 Å². The summed E-state index contributed by atoms with van der Waals surface area (Å²) in [7, 11) is 0. The van der Waals surface area contributed by atoms with Crippen molar-refractivity contribution in [3.05, 3.63) is 36.6 Å². The van der Waals surface area contributed by atoms with E-state index in [1.54, 1.807) is 0 Å². The van der Waals surface area contributed by atoms with E-state index < -0.39 is 5.83 Å². The maximum absolute atomic E-state index is 12.8. The van der Waals surface area contributed by atoms with Gasteiger partial charge in [-0.15, -0.1) is 0 Å². The first-order chi connectivity index (χ1) is 9.95. The van der Waals surface area contributed by atoms with Gasteiger partial charge in [-0.3, -0.25) is 0 Å². The standard InChI is InChI=1S/C18H31FO2/c1-5-17(14-16(19)15-20)21-13-11-9-7-8-10-12-18(3,4)6-2/h5,14-15,20H,1,6-13H2,2-4H3/b16-15-,17-14+. The average Bonchev–Trinajstić information content (AvgIpc) is 2.48. The molecule has 0 amide bonds. The first-order valence-electron chi connectivity index (χ1n) is 7.92. The van der Waals surface area contributed by atoms with E-state index in [1.165, 1.54) is 38.2 Å². The molecule has 0 fully saturated rings. The first-order valence-corrected chi connectivity index (χ1v) is 7.92. The second kappa shape index (κ2) is 11.4. The second-order valence-corrected chi connectivity index (χ2v) is 6.15. The smallest absolute Gasteiger partial charge is 0.160 e. The van der Waals surface area contributed by atoms with Gasteiger partial charge in [0, 0.05) is 6.08 Å². The van der Waals surface area contributed by atoms with E-state index in [9.17, 15) is 4.39 Å². The van der Waals surface area contributed by atoms with Crippen LogP contribution in [0.3, 0.4) is 0 Å². The van der Waals surface area contributed by atoms with Crippen molar-refractivity contribution in [2.45, 2.75) is 65.7 Å². The first kappa shape index (κ1) is 19.8. The number of ether oxygens (including phenoxy) is 1. The molecule has 0 heterocycles. The zero-order valence-electron chi connectivity index (χ0n) is 13.8. The summed E-state index contributed by atoms with van der Waals surface area (Å²) in [6.07, 6.45) is 11.3. The fourth-order valence-corrected chi connectivity index (χ4v) is 1.94. The number of halogens is 1. The Labute approximate surface area is 129 Å². The van der Waals surface area contributed by atoms with Gasteiger partial charge in [0.1, 0.15) is 12.0 Å². The molecular weight excluding hydrogens is 267 g/mol. The lowest BCUT2D eigenvalue weighted by Crippen LogP contribution is -2.08. The van der Waals surface area contributed by atoms with Gasteiger partial charge in [-0.05, 0) is 24.3 Å². The van der Waals surface area contributed by atoms with Crippen LogP contribution in [0.2, 0.25) is 0 Å². The van der Waals surface area contributed by atoms with Gasteiger partial charge in [0.2, 0.25) is 0 Å². The minimum Gasteiger partial charge on any atom is -0.513 e. The molecule has 0 aliphatic carbocycles. The molecule has 0 unspecified atom stereocenters. The number of hydrogen-bond acceptors (Lipinski definition) is 2. The molecule has 0 saturated carbocycles. The number of allylic oxidation sites excluding steroid dienone is 3. The van der Waals surface area contributed by atoms with Crippen molar-refractivity contribution >= 4 is 0 Å². The van der Waals surface area contributed by atoms with Crippen LogP contribution in [-0.4, -0.2) is 11.7 Å². The van der Waals surface area contributed by atoms with Crippen LogP contribution in [0.25, 0.3) is 0 Å². The Hall–Kier alpha value is -1.25. The fraction of sp³-hybridized carbons (Fsp3) is 0.667. The Kier molecular flexibility index (Phi) is 10.7. The zero-order valence-corrected chi connectivity index (χ0v) is 13.8. The molecule has 0 saturated heterocycles. The van der Waals surface area contributed by atoms with Gasteiger partial charge in [0.25, 0.3) is 0 Å². The maximum atomic E-state index is 12.8. The predicted molar refractivity (Wildman–Crippen MR) is 87.8 cm³/mol. The number of aliphatic hydroxyl groups excluding tert-OH is 1. The molecule has 0 aromatic carbocycles. The van der Waals surface area contributed by atoms with Crippen LogP contribution >= 0.6 is 0 Å². The lowest BCUT2D eigenvalue weighted by molar-refractivity contribution is 0.215. The highest BCUT2D eigenvalue weighted by molar-refractivity contribution is 5.19. The quantitative estimate of drug-likeness (QED) is 0.263. The molecule has 0 atom stereocenters. The summed E-state index contributed by atoms with van der Waals surface area (Å²) in [5.74, 6) is -0.383. The van der Waals surface area contributed by atoms with Crippen LogP contribution < -0.4 is 0 Å². The van der Waals surface area contributed by atoms with Crippen LogP contribution in [-0.2, 0) is 4.74 Å². The second-order valence-electron chi connectivity index (χ2n) is 6.15. The van der Waals surface area contributed by atoms with Crippen LogP contribution in [0.4, 0.5) is 4.39 Å². The number of unbranched alkanes of at least 4 members (excludes halogenated alkanes) is 4. The highest BCUT2D eigenvalue weighted by Gasteiger charge is 2.13. The Morgan fingerprint density at radius 2 is 1.81 bits per heavy atom. The van der Waals surface area contributed by atoms with E-state index in [2.05, 4.69) is 27.4 Å². The van der Waals surface area contributed by atoms with Crippen LogP contribution in [0.15, 0.2) is 36.6 Å². The van der Waals surface area contributed by atoms with Gasteiger partial charge in [-0.1, -0.05) is 59.5 Å². The van der Waals surface area contributed by atoms with Gasteiger partial charge >= 0.3 is 0 Å². The lowest BCUT2D eigenvalue weighted by atomic mass is 9.84. The highest BCUT2D eigenvalue weighted by Crippen LogP contribution is 2.27. The molecule has 21 heavy (non-hydrogen) atoms. The molecule has 0 aliphatic rings. The van der Waals surface area contributed by atoms with Crippen molar-refractivity contribution in [2.24, 2.45) is 5.41 Å². The van der Waals surface area contributed by atoms with E-state index in [4.69, 9.17) is 9.84 Å². The van der Waals surface area contributed by atoms with Crippen LogP contribution in [0.5, 0.6) is 0 Å². The SMILES string of the molecule is C=C/C(=C\C(F)=C\O)OCCCCCCCC(C)(C)CC. The monoisotopic (exact) mass is 298 g/mol. The van der Waals surface area contributed by atoms with Crippen molar-refractivity contribution in [2.75, 3.05) is 6.61 Å². The van der Waals surface area contributed by atoms with Gasteiger partial charge in [0.15, 0.2) is 5.83 Å². The van der Waals surface area contributed by atoms with Crippen molar-refractivity contribution in [3.63, 3.8) is 0 Å². The third-order valence-corrected chi connectivity index (χ3v) is 3.83. The highest BCUT2D eigenvalue weighted by atomic mass is 19.1. The topological polar surface area (TPSA) is 29.5 Å². The van der Waals surface area contributed by atoms with Gasteiger partial charge in [-0.2, -0.15) is 0 Å². The van der Waals surface area contributed by atoms with E-state index >= 15 is 0 Å². The lowest BCUT2D eigenvalue weighted by Gasteiger charge is -2.22. The summed E-state index contributed by atoms with van der Waals surface area (Å²) >= 11 is 0. The molecule has 0 aliphatic heterocycles. The van der Waals surface area contributed by atoms with Crippen molar-refractivity contribution < 1.29 is 14.2 Å². The molecule has 0 spiro atoms. The normalized spacial score (nSPS) is 13.3. The average molecular weight is 298 g/mol. The molecule has 122 valence electrons. The summed E-state index contributed by atoms with van der Waals surface area (Å²) < 4.78 is 18.2. The van der Waals surface area contributed by atoms with Gasteiger partial charge < -0.3 is 9.84 Å². The zero-order chi connectivity index (χ0) is 16.1. The largest absolute Gasteiger partial charge is 0.513 e. The summed E-state index contributed by atoms with van der Waals surface area (Å²) in [6.45, 7) is 11.0. The number of hydrogen-bond donors (Lipinski definition) is 1. The molecule has 0 aromatic rings. The molecule has 0 aromatic heterocycles. The Bertz CT molecular complexity index is 343. The maximum Gasteiger partial charge on any atom is 0.160 e. The third kappa shape index (κ3) is 11.1. The minimum atomic E-state index is -0.733. The van der Waals surface area contributed by atoms with Crippen molar-refractivity contribution in [3.8, 4) is 0 Å². The van der Waals surface area contributed by atoms with Crippen molar-refractivity contribution in [1.82, 2.24) is 0 Å². The summed E-state index contributed by atoms with van der Waals surface area (Å²) in [6, 6.07) is 0. The van der Waals surface area contributed by atoms with E-state index in [0.29, 0.717) is 24.0 Å². The molecule has 0 bridgehead atoms. The van der Waals surface area contributed by atoms with Crippen LogP contribution in [0, 0.1) is 5.41 Å². The van der Waals surface area contributed by atoms with Gasteiger partial charge in [0.05, 0.1) is 6.61 Å². The summed E-state index contributed by atoms with van der Waals surface area (Å²) in [4.78, 5) is 0. The van der Waals surface area contributed by atoms with E-state index in [-0.39, 0.29) is 0 Å². The molecule has 0 rings (SSSR count). The Morgan fingerprint density at radius 1 is 1.19 bits per heavy atom. The molecule has 1 N–H and O–H groups in total. The fourth-order valence-electron chi connectivity index (χ4n) is 1.94. The summed E-state index contributed by atoms with van der Waals surface area (Å²) in [5.41, 5.74) is 0.469. The molecule has 3 heteroatoms. The third-order valence-electron chi connectivity index (χ3n) is 3.83. The van der Waals surface area contributed by atoms with Gasteiger partial charge in [-0.25, -0.2) is 4.39 Å². The summed E-state index contributed by atoms with van der Waals surface area (Å²) in [5, 5.41) is 8.47. The van der Waals surface area contributed by atoms with E-state index in [1.807, 2.05) is 0 Å². The molecule has 2 nitrogen and oxygen atoms in total. The number of aliphatic hydroxyl groups is 1. The Morgan fingerprint density at radius 3 is 2.38 bits per heavy atom. The minimum absolute atomic E-state index is 0.350. The van der Waals surface area contributed by atoms with Crippen LogP contribution in [0.1, 0.15) is 65.7 Å².